The van der Waals surface area contributed by atoms with Gasteiger partial charge in [-0.15, -0.1) is 10.2 Å². The summed E-state index contributed by atoms with van der Waals surface area (Å²) in [5.41, 5.74) is 1.64. The van der Waals surface area contributed by atoms with Gasteiger partial charge >= 0.3 is 0 Å². The maximum Gasteiger partial charge on any atom is 0.254 e. The monoisotopic (exact) mass is 484 g/mol. The molecule has 0 aliphatic heterocycles. The molecule has 0 radical (unpaired) electrons. The molecule has 35 heavy (non-hydrogen) atoms. The molecule has 7 heteroatoms. The van der Waals surface area contributed by atoms with E-state index in [2.05, 4.69) is 15.5 Å². The number of carbonyl (C=O) groups is 2. The minimum atomic E-state index is -0.159. The van der Waals surface area contributed by atoms with Gasteiger partial charge in [0.15, 0.2) is 0 Å². The summed E-state index contributed by atoms with van der Waals surface area (Å²) < 4.78 is 0. The van der Waals surface area contributed by atoms with Crippen molar-refractivity contribution in [1.29, 1.82) is 0 Å². The smallest absolute Gasteiger partial charge is 0.254 e. The first-order valence-corrected chi connectivity index (χ1v) is 13.0. The molecule has 1 aliphatic rings. The molecule has 0 bridgehead atoms. The van der Waals surface area contributed by atoms with Crippen LogP contribution in [0.4, 0.5) is 5.13 Å². The van der Waals surface area contributed by atoms with E-state index in [9.17, 15) is 9.59 Å². The summed E-state index contributed by atoms with van der Waals surface area (Å²) in [5.74, 6) is -0.161. The predicted molar refractivity (Wildman–Crippen MR) is 140 cm³/mol. The van der Waals surface area contributed by atoms with Crippen LogP contribution in [0.15, 0.2) is 72.8 Å². The first kappa shape index (κ1) is 23.2. The van der Waals surface area contributed by atoms with Crippen LogP contribution in [0.25, 0.3) is 21.3 Å². The molecule has 6 nitrogen and oxygen atoms in total. The number of aromatic nitrogens is 2. The van der Waals surface area contributed by atoms with Gasteiger partial charge < -0.3 is 10.2 Å². The lowest BCUT2D eigenvalue weighted by Crippen LogP contribution is -2.43. The Labute approximate surface area is 209 Å². The standard InChI is InChI=1S/C28H28N4O2S/c33-25(29-28-31-30-26(35-28)21-10-3-1-4-11-21)17-18-32(24-13-5-2-6-14-24)27(34)23-16-15-20-9-7-8-12-22(20)19-23/h1,3-4,7-12,15-16,19,24H,2,5-6,13-14,17-18H2,(H,29,31,33). The van der Waals surface area contributed by atoms with Crippen LogP contribution in [-0.4, -0.2) is 39.5 Å². The number of nitrogens with one attached hydrogen (secondary N) is 1. The second-order valence-electron chi connectivity index (χ2n) is 8.93. The van der Waals surface area contributed by atoms with Gasteiger partial charge in [0.05, 0.1) is 0 Å². The molecule has 1 fully saturated rings. The van der Waals surface area contributed by atoms with Crippen molar-refractivity contribution in [3.8, 4) is 10.6 Å². The average molecular weight is 485 g/mol. The Morgan fingerprint density at radius 3 is 2.43 bits per heavy atom. The highest BCUT2D eigenvalue weighted by Crippen LogP contribution is 2.27. The van der Waals surface area contributed by atoms with Gasteiger partial charge in [0, 0.05) is 30.1 Å². The number of rotatable bonds is 7. The van der Waals surface area contributed by atoms with Crippen molar-refractivity contribution in [2.24, 2.45) is 0 Å². The molecule has 0 unspecified atom stereocenters. The Morgan fingerprint density at radius 2 is 1.63 bits per heavy atom. The van der Waals surface area contributed by atoms with Gasteiger partial charge in [-0.2, -0.15) is 0 Å². The Bertz CT molecular complexity index is 1310. The Kier molecular flexibility index (Phi) is 7.14. The zero-order valence-corrected chi connectivity index (χ0v) is 20.3. The Hall–Kier alpha value is -3.58. The highest BCUT2D eigenvalue weighted by atomic mass is 32.1. The highest BCUT2D eigenvalue weighted by molar-refractivity contribution is 7.18. The van der Waals surface area contributed by atoms with Crippen LogP contribution < -0.4 is 5.32 Å². The largest absolute Gasteiger partial charge is 0.335 e. The van der Waals surface area contributed by atoms with Crippen LogP contribution in [0.2, 0.25) is 0 Å². The second-order valence-corrected chi connectivity index (χ2v) is 9.91. The van der Waals surface area contributed by atoms with Gasteiger partial charge in [-0.05, 0) is 35.7 Å². The molecule has 1 saturated carbocycles. The molecular formula is C28H28N4O2S. The summed E-state index contributed by atoms with van der Waals surface area (Å²) >= 11 is 1.35. The minimum absolute atomic E-state index is 0.00210. The molecule has 1 N–H and O–H groups in total. The maximum atomic E-state index is 13.6. The van der Waals surface area contributed by atoms with E-state index in [0.29, 0.717) is 17.2 Å². The Balaban J connectivity index is 1.27. The number of anilines is 1. The van der Waals surface area contributed by atoms with E-state index in [0.717, 1.165) is 47.0 Å². The zero-order chi connectivity index (χ0) is 24.0. The van der Waals surface area contributed by atoms with E-state index in [1.54, 1.807) is 0 Å². The first-order chi connectivity index (χ1) is 17.2. The topological polar surface area (TPSA) is 75.2 Å². The second kappa shape index (κ2) is 10.8. The van der Waals surface area contributed by atoms with Crippen molar-refractivity contribution in [3.05, 3.63) is 78.4 Å². The van der Waals surface area contributed by atoms with Crippen LogP contribution in [0.3, 0.4) is 0 Å². The number of nitrogens with zero attached hydrogens (tertiary/aromatic N) is 3. The molecule has 4 aromatic rings. The van der Waals surface area contributed by atoms with E-state index in [4.69, 9.17) is 0 Å². The normalized spacial score (nSPS) is 14.1. The molecule has 0 spiro atoms. The van der Waals surface area contributed by atoms with E-state index in [1.807, 2.05) is 77.7 Å². The van der Waals surface area contributed by atoms with Crippen LogP contribution >= 0.6 is 11.3 Å². The molecule has 0 saturated heterocycles. The SMILES string of the molecule is O=C(CCN(C(=O)c1ccc2ccccc2c1)C1CCCCC1)Nc1nnc(-c2ccccc2)s1. The van der Waals surface area contributed by atoms with Crippen molar-refractivity contribution in [2.75, 3.05) is 11.9 Å². The number of amides is 2. The lowest BCUT2D eigenvalue weighted by molar-refractivity contribution is -0.116. The van der Waals surface area contributed by atoms with Crippen LogP contribution in [0, 0.1) is 0 Å². The van der Waals surface area contributed by atoms with Crippen molar-refractivity contribution >= 4 is 39.1 Å². The quantitative estimate of drug-likeness (QED) is 0.341. The lowest BCUT2D eigenvalue weighted by Gasteiger charge is -2.34. The van der Waals surface area contributed by atoms with Crippen LogP contribution in [0.5, 0.6) is 0 Å². The fourth-order valence-electron chi connectivity index (χ4n) is 4.71. The van der Waals surface area contributed by atoms with Gasteiger partial charge in [0.2, 0.25) is 11.0 Å². The molecule has 1 aliphatic carbocycles. The fraction of sp³-hybridized carbons (Fsp3) is 0.286. The molecule has 1 heterocycles. The van der Waals surface area contributed by atoms with E-state index >= 15 is 0 Å². The highest BCUT2D eigenvalue weighted by Gasteiger charge is 2.27. The number of hydrogen-bond donors (Lipinski definition) is 1. The van der Waals surface area contributed by atoms with E-state index < -0.39 is 0 Å². The fourth-order valence-corrected chi connectivity index (χ4v) is 5.47. The van der Waals surface area contributed by atoms with Crippen molar-refractivity contribution in [3.63, 3.8) is 0 Å². The Morgan fingerprint density at radius 1 is 0.886 bits per heavy atom. The number of benzene rings is 3. The third-order valence-corrected chi connectivity index (χ3v) is 7.43. The molecule has 0 atom stereocenters. The van der Waals surface area contributed by atoms with Gasteiger partial charge in [0.1, 0.15) is 5.01 Å². The number of carbonyl (C=O) groups excluding carboxylic acids is 2. The zero-order valence-electron chi connectivity index (χ0n) is 19.5. The lowest BCUT2D eigenvalue weighted by atomic mass is 9.93. The predicted octanol–water partition coefficient (Wildman–Crippen LogP) is 6.16. The summed E-state index contributed by atoms with van der Waals surface area (Å²) in [6.45, 7) is 0.381. The van der Waals surface area contributed by atoms with Gasteiger partial charge in [-0.25, -0.2) is 0 Å². The van der Waals surface area contributed by atoms with E-state index in [1.165, 1.54) is 17.8 Å². The van der Waals surface area contributed by atoms with E-state index in [-0.39, 0.29) is 24.3 Å². The van der Waals surface area contributed by atoms with Gasteiger partial charge in [0.25, 0.3) is 5.91 Å². The van der Waals surface area contributed by atoms with Crippen molar-refractivity contribution < 1.29 is 9.59 Å². The van der Waals surface area contributed by atoms with Gasteiger partial charge in [-0.1, -0.05) is 91.3 Å². The maximum absolute atomic E-state index is 13.6. The summed E-state index contributed by atoms with van der Waals surface area (Å²) in [4.78, 5) is 28.3. The summed E-state index contributed by atoms with van der Waals surface area (Å²) in [6, 6.07) is 23.8. The summed E-state index contributed by atoms with van der Waals surface area (Å²) in [5, 5.41) is 14.6. The van der Waals surface area contributed by atoms with Crippen molar-refractivity contribution in [2.45, 2.75) is 44.6 Å². The van der Waals surface area contributed by atoms with Crippen LogP contribution in [0.1, 0.15) is 48.9 Å². The van der Waals surface area contributed by atoms with Gasteiger partial charge in [-0.3, -0.25) is 9.59 Å². The number of hydrogen-bond acceptors (Lipinski definition) is 5. The third kappa shape index (κ3) is 5.57. The number of fused-ring (bicyclic) bond motifs is 1. The first-order valence-electron chi connectivity index (χ1n) is 12.2. The molecule has 178 valence electrons. The molecule has 5 rings (SSSR count). The summed E-state index contributed by atoms with van der Waals surface area (Å²) in [7, 11) is 0. The molecular weight excluding hydrogens is 456 g/mol. The third-order valence-electron chi connectivity index (χ3n) is 6.54. The average Bonchev–Trinajstić information content (AvgIpc) is 3.38. The van der Waals surface area contributed by atoms with Crippen molar-refractivity contribution in [1.82, 2.24) is 15.1 Å². The van der Waals surface area contributed by atoms with Crippen LogP contribution in [-0.2, 0) is 4.79 Å². The minimum Gasteiger partial charge on any atom is -0.335 e. The summed E-state index contributed by atoms with van der Waals surface area (Å²) in [6.07, 6.45) is 5.62. The molecule has 1 aromatic heterocycles. The molecule has 3 aromatic carbocycles. The molecule has 2 amide bonds.